The molecule has 1 aliphatic carbocycles. The summed E-state index contributed by atoms with van der Waals surface area (Å²) in [6.45, 7) is 3.96. The molecule has 0 aromatic rings. The Hall–Kier alpha value is -1.17. The maximum absolute atomic E-state index is 12.3. The van der Waals surface area contributed by atoms with Crippen LogP contribution in [0.4, 0.5) is 4.79 Å². The smallest absolute Gasteiger partial charge is 0.342 e. The van der Waals surface area contributed by atoms with Crippen molar-refractivity contribution in [2.45, 2.75) is 39.0 Å². The maximum atomic E-state index is 12.3. The van der Waals surface area contributed by atoms with Crippen LogP contribution >= 0.6 is 11.8 Å². The Bertz CT molecular complexity index is 507. The van der Waals surface area contributed by atoms with E-state index >= 15 is 0 Å². The zero-order chi connectivity index (χ0) is 14.8. The fourth-order valence-electron chi connectivity index (χ4n) is 3.17. The minimum absolute atomic E-state index is 0.170. The molecular formula is C15H21N3O2S. The third kappa shape index (κ3) is 3.36. The summed E-state index contributed by atoms with van der Waals surface area (Å²) in [6.07, 6.45) is 5.15. The molecular weight excluding hydrogens is 286 g/mol. The van der Waals surface area contributed by atoms with E-state index in [1.807, 2.05) is 4.90 Å². The number of aliphatic imine (C=N–C) groups is 2. The first kappa shape index (κ1) is 14.8. The van der Waals surface area contributed by atoms with E-state index < -0.39 is 6.03 Å². The van der Waals surface area contributed by atoms with Gasteiger partial charge in [-0.3, -0.25) is 4.79 Å². The van der Waals surface area contributed by atoms with Gasteiger partial charge in [0.05, 0.1) is 10.8 Å². The summed E-state index contributed by atoms with van der Waals surface area (Å²) in [6, 6.07) is -0.398. The average Bonchev–Trinajstić information content (AvgIpc) is 2.93. The highest BCUT2D eigenvalue weighted by Gasteiger charge is 2.32. The number of urea groups is 1. The molecule has 114 valence electrons. The predicted octanol–water partition coefficient (Wildman–Crippen LogP) is 2.75. The van der Waals surface area contributed by atoms with Gasteiger partial charge in [0.1, 0.15) is 0 Å². The molecule has 1 saturated carbocycles. The Labute approximate surface area is 129 Å². The summed E-state index contributed by atoms with van der Waals surface area (Å²) in [7, 11) is 0. The van der Waals surface area contributed by atoms with Crippen LogP contribution < -0.4 is 0 Å². The third-order valence-corrected chi connectivity index (χ3v) is 5.61. The molecule has 3 amide bonds. The van der Waals surface area contributed by atoms with Crippen molar-refractivity contribution in [2.24, 2.45) is 21.8 Å². The first-order valence-corrected chi connectivity index (χ1v) is 8.72. The van der Waals surface area contributed by atoms with E-state index in [2.05, 4.69) is 16.9 Å². The standard InChI is InChI=1S/C15H21N3O2S/c1-10-5-7-18(8-6-10)13(19)9-21-14-11-3-2-4-12(11)16-15(20)17-14/h10-11H,2-9H2,1H3. The second-order valence-corrected chi connectivity index (χ2v) is 7.13. The normalized spacial score (nSPS) is 26.4. The lowest BCUT2D eigenvalue weighted by molar-refractivity contribution is -0.129. The topological polar surface area (TPSA) is 62.1 Å². The number of thioether (sulfide) groups is 1. The van der Waals surface area contributed by atoms with Crippen LogP contribution in [-0.4, -0.2) is 46.4 Å². The van der Waals surface area contributed by atoms with Gasteiger partial charge in [-0.05, 0) is 38.0 Å². The molecule has 0 radical (unpaired) electrons. The van der Waals surface area contributed by atoms with Crippen molar-refractivity contribution >= 4 is 34.5 Å². The number of hydrogen-bond donors (Lipinski definition) is 0. The van der Waals surface area contributed by atoms with Gasteiger partial charge < -0.3 is 4.90 Å². The average molecular weight is 307 g/mol. The Kier molecular flexibility index (Phi) is 4.42. The van der Waals surface area contributed by atoms with Crippen molar-refractivity contribution in [3.05, 3.63) is 0 Å². The SMILES string of the molecule is CC1CCN(C(=O)CSC2=NC(=O)N=C3CCCC32)CC1. The van der Waals surface area contributed by atoms with Gasteiger partial charge >= 0.3 is 6.03 Å². The van der Waals surface area contributed by atoms with Crippen molar-refractivity contribution in [2.75, 3.05) is 18.8 Å². The molecule has 3 aliphatic rings. The maximum Gasteiger partial charge on any atom is 0.367 e. The molecule has 6 heteroatoms. The van der Waals surface area contributed by atoms with E-state index in [4.69, 9.17) is 0 Å². The van der Waals surface area contributed by atoms with Gasteiger partial charge in [0.2, 0.25) is 5.91 Å². The zero-order valence-corrected chi connectivity index (χ0v) is 13.2. The molecule has 2 fully saturated rings. The molecule has 1 unspecified atom stereocenters. The molecule has 2 heterocycles. The van der Waals surface area contributed by atoms with Crippen molar-refractivity contribution < 1.29 is 9.59 Å². The summed E-state index contributed by atoms with van der Waals surface area (Å²) in [5.74, 6) is 1.48. The summed E-state index contributed by atoms with van der Waals surface area (Å²) in [5, 5.41) is 0.807. The molecule has 0 N–H and O–H groups in total. The fourth-order valence-corrected chi connectivity index (χ4v) is 4.22. The number of likely N-dealkylation sites (tertiary alicyclic amines) is 1. The van der Waals surface area contributed by atoms with Crippen LogP contribution in [-0.2, 0) is 4.79 Å². The zero-order valence-electron chi connectivity index (χ0n) is 12.4. The van der Waals surface area contributed by atoms with Crippen molar-refractivity contribution in [1.82, 2.24) is 4.90 Å². The van der Waals surface area contributed by atoms with Gasteiger partial charge in [-0.15, -0.1) is 0 Å². The number of hydrogen-bond acceptors (Lipinski definition) is 3. The van der Waals surface area contributed by atoms with Crippen LogP contribution in [0.15, 0.2) is 9.98 Å². The molecule has 5 nitrogen and oxygen atoms in total. The highest BCUT2D eigenvalue weighted by atomic mass is 32.2. The van der Waals surface area contributed by atoms with Crippen LogP contribution in [0.25, 0.3) is 0 Å². The van der Waals surface area contributed by atoms with Crippen molar-refractivity contribution in [3.8, 4) is 0 Å². The summed E-state index contributed by atoms with van der Waals surface area (Å²) >= 11 is 1.44. The highest BCUT2D eigenvalue weighted by molar-refractivity contribution is 8.14. The minimum atomic E-state index is -0.398. The van der Waals surface area contributed by atoms with Crippen molar-refractivity contribution in [1.29, 1.82) is 0 Å². The Morgan fingerprint density at radius 3 is 2.81 bits per heavy atom. The van der Waals surface area contributed by atoms with Crippen molar-refractivity contribution in [3.63, 3.8) is 0 Å². The van der Waals surface area contributed by atoms with Gasteiger partial charge in [0.15, 0.2) is 0 Å². The molecule has 3 rings (SSSR count). The third-order valence-electron chi connectivity index (χ3n) is 4.55. The molecule has 0 bridgehead atoms. The van der Waals surface area contributed by atoms with Crippen LogP contribution in [0.5, 0.6) is 0 Å². The summed E-state index contributed by atoms with van der Waals surface area (Å²) in [4.78, 5) is 33.8. The Balaban J connectivity index is 1.55. The van der Waals surface area contributed by atoms with Gasteiger partial charge in [0.25, 0.3) is 0 Å². The number of nitrogens with zero attached hydrogens (tertiary/aromatic N) is 3. The molecule has 1 saturated heterocycles. The highest BCUT2D eigenvalue weighted by Crippen LogP contribution is 2.31. The van der Waals surface area contributed by atoms with E-state index in [9.17, 15) is 9.59 Å². The Morgan fingerprint density at radius 2 is 2.05 bits per heavy atom. The largest absolute Gasteiger partial charge is 0.367 e. The van der Waals surface area contributed by atoms with Crippen LogP contribution in [0, 0.1) is 11.8 Å². The van der Waals surface area contributed by atoms with Gasteiger partial charge in [0, 0.05) is 24.7 Å². The van der Waals surface area contributed by atoms with Gasteiger partial charge in [-0.25, -0.2) is 9.79 Å². The van der Waals surface area contributed by atoms with E-state index in [-0.39, 0.29) is 11.8 Å². The lowest BCUT2D eigenvalue weighted by Crippen LogP contribution is -2.39. The molecule has 2 aliphatic heterocycles. The fraction of sp³-hybridized carbons (Fsp3) is 0.733. The van der Waals surface area contributed by atoms with Crippen LogP contribution in [0.3, 0.4) is 0 Å². The molecule has 0 aromatic carbocycles. The summed E-state index contributed by atoms with van der Waals surface area (Å²) in [5.41, 5.74) is 0.969. The van der Waals surface area contributed by atoms with Gasteiger partial charge in [-0.1, -0.05) is 18.7 Å². The van der Waals surface area contributed by atoms with Crippen LogP contribution in [0.1, 0.15) is 39.0 Å². The number of fused-ring (bicyclic) bond motifs is 1. The molecule has 21 heavy (non-hydrogen) atoms. The van der Waals surface area contributed by atoms with E-state index in [1.54, 1.807) is 0 Å². The van der Waals surface area contributed by atoms with E-state index in [0.717, 1.165) is 61.9 Å². The number of piperidine rings is 1. The molecule has 1 atom stereocenters. The second kappa shape index (κ2) is 6.30. The van der Waals surface area contributed by atoms with Crippen LogP contribution in [0.2, 0.25) is 0 Å². The first-order chi connectivity index (χ1) is 10.1. The molecule has 0 spiro atoms. The quantitative estimate of drug-likeness (QED) is 0.788. The number of amides is 3. The predicted molar refractivity (Wildman–Crippen MR) is 85.0 cm³/mol. The lowest BCUT2D eigenvalue weighted by Gasteiger charge is -2.30. The number of carbonyl (C=O) groups excluding carboxylic acids is 2. The van der Waals surface area contributed by atoms with E-state index in [0.29, 0.717) is 5.75 Å². The number of rotatable bonds is 2. The Morgan fingerprint density at radius 1 is 1.29 bits per heavy atom. The lowest BCUT2D eigenvalue weighted by atomic mass is 9.99. The monoisotopic (exact) mass is 307 g/mol. The summed E-state index contributed by atoms with van der Waals surface area (Å²) < 4.78 is 0. The minimum Gasteiger partial charge on any atom is -0.342 e. The second-order valence-electron chi connectivity index (χ2n) is 6.13. The van der Waals surface area contributed by atoms with Gasteiger partial charge in [-0.2, -0.15) is 4.99 Å². The number of carbonyl (C=O) groups is 2. The first-order valence-electron chi connectivity index (χ1n) is 7.74. The molecule has 0 aromatic heterocycles. The van der Waals surface area contributed by atoms with E-state index in [1.165, 1.54) is 11.8 Å².